The number of hydrogen-bond acceptors (Lipinski definition) is 7. The Morgan fingerprint density at radius 1 is 1.24 bits per heavy atom. The van der Waals surface area contributed by atoms with Crippen LogP contribution in [0.3, 0.4) is 0 Å². The van der Waals surface area contributed by atoms with Crippen molar-refractivity contribution in [2.75, 3.05) is 31.6 Å². The molecule has 5 N–H and O–H groups in total. The van der Waals surface area contributed by atoms with Crippen molar-refractivity contribution in [2.24, 2.45) is 17.6 Å². The first-order valence-electron chi connectivity index (χ1n) is 11.3. The Kier molecular flexibility index (Phi) is 5.78. The normalized spacial score (nSPS) is 21.3. The van der Waals surface area contributed by atoms with Crippen LogP contribution in [-0.2, 0) is 21.4 Å². The van der Waals surface area contributed by atoms with E-state index in [-0.39, 0.29) is 18.4 Å². The second-order valence-corrected chi connectivity index (χ2v) is 11.3. The van der Waals surface area contributed by atoms with Crippen molar-refractivity contribution in [2.45, 2.75) is 25.4 Å². The van der Waals surface area contributed by atoms with E-state index in [9.17, 15) is 13.2 Å². The summed E-state index contributed by atoms with van der Waals surface area (Å²) in [5.41, 5.74) is 15.2. The lowest BCUT2D eigenvalue weighted by Gasteiger charge is -2.44. The first-order chi connectivity index (χ1) is 16.2. The molecule has 0 atom stereocenters. The average Bonchev–Trinajstić information content (AvgIpc) is 3.10. The Morgan fingerprint density at radius 3 is 2.71 bits per heavy atom. The highest BCUT2D eigenvalue weighted by atomic mass is 32.2. The number of sulfonamides is 1. The lowest BCUT2D eigenvalue weighted by molar-refractivity contribution is -0.127. The SMILES string of the molecule is CS(=O)(=O)NCc1cccc(-c2cn([C@H]3C[C@@H](CN4CC(C(N)=O)C4)C3)c3ncnc(N)c23)c1. The van der Waals surface area contributed by atoms with Crippen LogP contribution in [0.15, 0.2) is 36.8 Å². The van der Waals surface area contributed by atoms with Crippen molar-refractivity contribution < 1.29 is 13.2 Å². The minimum atomic E-state index is -3.28. The number of aromatic nitrogens is 3. The zero-order valence-electron chi connectivity index (χ0n) is 19.0. The molecule has 1 saturated carbocycles. The van der Waals surface area contributed by atoms with Crippen molar-refractivity contribution in [1.29, 1.82) is 0 Å². The molecule has 0 radical (unpaired) electrons. The third-order valence-corrected chi connectivity index (χ3v) is 7.56. The fourth-order valence-electron chi connectivity index (χ4n) is 5.01. The Labute approximate surface area is 198 Å². The lowest BCUT2D eigenvalue weighted by atomic mass is 9.79. The van der Waals surface area contributed by atoms with Gasteiger partial charge in [0.25, 0.3) is 0 Å². The summed E-state index contributed by atoms with van der Waals surface area (Å²) in [5.74, 6) is 0.786. The molecule has 34 heavy (non-hydrogen) atoms. The van der Waals surface area contributed by atoms with Gasteiger partial charge in [-0.3, -0.25) is 4.79 Å². The number of fused-ring (bicyclic) bond motifs is 1. The Bertz CT molecular complexity index is 1340. The van der Waals surface area contributed by atoms with Crippen molar-refractivity contribution in [1.82, 2.24) is 24.2 Å². The minimum Gasteiger partial charge on any atom is -0.383 e. The van der Waals surface area contributed by atoms with Gasteiger partial charge in [0.15, 0.2) is 0 Å². The van der Waals surface area contributed by atoms with Crippen molar-refractivity contribution in [3.8, 4) is 11.1 Å². The highest BCUT2D eigenvalue weighted by Crippen LogP contribution is 2.43. The molecule has 3 heterocycles. The van der Waals surface area contributed by atoms with Gasteiger partial charge in [0.1, 0.15) is 17.8 Å². The van der Waals surface area contributed by atoms with Crippen LogP contribution in [0, 0.1) is 11.8 Å². The monoisotopic (exact) mass is 483 g/mol. The molecule has 1 saturated heterocycles. The number of nitrogens with one attached hydrogen (secondary N) is 1. The molecular formula is C23H29N7O3S. The van der Waals surface area contributed by atoms with E-state index >= 15 is 0 Å². The molecular weight excluding hydrogens is 454 g/mol. The van der Waals surface area contributed by atoms with Gasteiger partial charge in [0, 0.05) is 44.0 Å². The number of nitrogen functional groups attached to an aromatic ring is 1. The number of anilines is 1. The molecule has 3 aromatic rings. The van der Waals surface area contributed by atoms with Crippen molar-refractivity contribution in [3.05, 3.63) is 42.4 Å². The van der Waals surface area contributed by atoms with Gasteiger partial charge in [0.2, 0.25) is 15.9 Å². The highest BCUT2D eigenvalue weighted by Gasteiger charge is 2.37. The number of primary amides is 1. The average molecular weight is 484 g/mol. The zero-order chi connectivity index (χ0) is 24.0. The third-order valence-electron chi connectivity index (χ3n) is 6.90. The van der Waals surface area contributed by atoms with Gasteiger partial charge in [-0.2, -0.15) is 0 Å². The number of nitrogens with two attached hydrogens (primary N) is 2. The second-order valence-electron chi connectivity index (χ2n) is 9.51. The van der Waals surface area contributed by atoms with E-state index in [1.165, 1.54) is 6.33 Å². The summed E-state index contributed by atoms with van der Waals surface area (Å²) in [6.45, 7) is 2.73. The van der Waals surface area contributed by atoms with Crippen LogP contribution in [0.1, 0.15) is 24.4 Å². The number of carbonyl (C=O) groups excluding carboxylic acids is 1. The van der Waals surface area contributed by atoms with Crippen molar-refractivity contribution in [3.63, 3.8) is 0 Å². The van der Waals surface area contributed by atoms with Gasteiger partial charge in [0.05, 0.1) is 17.6 Å². The molecule has 10 nitrogen and oxygen atoms in total. The molecule has 180 valence electrons. The molecule has 1 amide bonds. The van der Waals surface area contributed by atoms with Crippen LogP contribution in [-0.4, -0.2) is 59.6 Å². The predicted octanol–water partition coefficient (Wildman–Crippen LogP) is 1.10. The van der Waals surface area contributed by atoms with Gasteiger partial charge >= 0.3 is 0 Å². The van der Waals surface area contributed by atoms with Crippen LogP contribution in [0.4, 0.5) is 5.82 Å². The zero-order valence-corrected chi connectivity index (χ0v) is 19.8. The lowest BCUT2D eigenvalue weighted by Crippen LogP contribution is -2.54. The van der Waals surface area contributed by atoms with E-state index < -0.39 is 10.0 Å². The van der Waals surface area contributed by atoms with Gasteiger partial charge in [-0.1, -0.05) is 18.2 Å². The Morgan fingerprint density at radius 2 is 2.00 bits per heavy atom. The van der Waals surface area contributed by atoms with Crippen LogP contribution in [0.25, 0.3) is 22.2 Å². The van der Waals surface area contributed by atoms with Crippen molar-refractivity contribution >= 4 is 32.8 Å². The van der Waals surface area contributed by atoms with Gasteiger partial charge in [-0.15, -0.1) is 0 Å². The van der Waals surface area contributed by atoms with E-state index in [0.29, 0.717) is 17.8 Å². The maximum absolute atomic E-state index is 11.5. The summed E-state index contributed by atoms with van der Waals surface area (Å²) in [5, 5.41) is 0.811. The quantitative estimate of drug-likeness (QED) is 0.434. The van der Waals surface area contributed by atoms with Crippen LogP contribution in [0.5, 0.6) is 0 Å². The van der Waals surface area contributed by atoms with Crippen LogP contribution in [0.2, 0.25) is 0 Å². The molecule has 1 aliphatic heterocycles. The molecule has 2 aromatic heterocycles. The second kappa shape index (κ2) is 8.64. The van der Waals surface area contributed by atoms with Crippen LogP contribution < -0.4 is 16.2 Å². The fourth-order valence-corrected chi connectivity index (χ4v) is 5.44. The Hall–Kier alpha value is -3.02. The molecule has 2 fully saturated rings. The highest BCUT2D eigenvalue weighted by molar-refractivity contribution is 7.88. The topological polar surface area (TPSA) is 149 Å². The molecule has 0 bridgehead atoms. The van der Waals surface area contributed by atoms with E-state index in [4.69, 9.17) is 11.5 Å². The van der Waals surface area contributed by atoms with Gasteiger partial charge in [-0.25, -0.2) is 23.1 Å². The maximum Gasteiger partial charge on any atom is 0.223 e. The van der Waals surface area contributed by atoms with E-state index in [2.05, 4.69) is 30.4 Å². The third kappa shape index (κ3) is 4.50. The maximum atomic E-state index is 11.5. The Balaban J connectivity index is 1.36. The number of rotatable bonds is 8. The predicted molar refractivity (Wildman–Crippen MR) is 130 cm³/mol. The first kappa shape index (κ1) is 22.8. The summed E-state index contributed by atoms with van der Waals surface area (Å²) in [6.07, 6.45) is 6.79. The summed E-state index contributed by atoms with van der Waals surface area (Å²) < 4.78 is 27.7. The molecule has 0 spiro atoms. The van der Waals surface area contributed by atoms with E-state index in [1.54, 1.807) is 0 Å². The molecule has 0 unspecified atom stereocenters. The standard InChI is InChI=1S/C23H29N7O3S/c1-34(32,33)28-8-14-3-2-4-16(5-14)19-12-30(23-20(19)21(24)26-13-27-23)18-6-15(7-18)9-29-10-17(11-29)22(25)31/h2-5,12-13,15,17-18,28H,6-11H2,1H3,(H2,25,31)(H2,24,26,27)/t15-,18+. The summed E-state index contributed by atoms with van der Waals surface area (Å²) >= 11 is 0. The minimum absolute atomic E-state index is 0.00473. The molecule has 1 aliphatic carbocycles. The summed E-state index contributed by atoms with van der Waals surface area (Å²) in [4.78, 5) is 22.3. The fraction of sp³-hybridized carbons (Fsp3) is 0.435. The number of amides is 1. The summed E-state index contributed by atoms with van der Waals surface area (Å²) in [6, 6.07) is 8.06. The van der Waals surface area contributed by atoms with Crippen LogP contribution >= 0.6 is 0 Å². The number of nitrogens with zero attached hydrogens (tertiary/aromatic N) is 4. The molecule has 11 heteroatoms. The molecule has 1 aromatic carbocycles. The van der Waals surface area contributed by atoms with Gasteiger partial charge in [-0.05, 0) is 36.0 Å². The van der Waals surface area contributed by atoms with Gasteiger partial charge < -0.3 is 20.9 Å². The number of carbonyl (C=O) groups is 1. The summed E-state index contributed by atoms with van der Waals surface area (Å²) in [7, 11) is -3.28. The van der Waals surface area contributed by atoms with E-state index in [1.807, 2.05) is 24.3 Å². The molecule has 5 rings (SSSR count). The largest absolute Gasteiger partial charge is 0.383 e. The number of benzene rings is 1. The van der Waals surface area contributed by atoms with E-state index in [0.717, 1.165) is 66.5 Å². The number of hydrogen-bond donors (Lipinski definition) is 3. The molecule has 2 aliphatic rings. The smallest absolute Gasteiger partial charge is 0.223 e. The number of likely N-dealkylation sites (tertiary alicyclic amines) is 1. The first-order valence-corrected chi connectivity index (χ1v) is 13.2.